The molecule has 0 spiro atoms. The number of hydrogen-bond donors (Lipinski definition) is 4. The van der Waals surface area contributed by atoms with Crippen molar-refractivity contribution in [3.8, 4) is 34.1 Å². The molecule has 0 amide bonds. The van der Waals surface area contributed by atoms with Gasteiger partial charge in [0.15, 0.2) is 0 Å². The van der Waals surface area contributed by atoms with Gasteiger partial charge >= 0.3 is 8.60 Å². The monoisotopic (exact) mass is 418 g/mol. The molecule has 2 aromatic rings. The summed E-state index contributed by atoms with van der Waals surface area (Å²) in [6, 6.07) is 8.43. The summed E-state index contributed by atoms with van der Waals surface area (Å²) in [5, 5.41) is 20.8. The third-order valence-corrected chi connectivity index (χ3v) is 4.18. The number of hydrogen-bond acceptors (Lipinski definition) is 7. The summed E-state index contributed by atoms with van der Waals surface area (Å²) in [5.41, 5.74) is 1.51. The maximum atomic E-state index is 10.7. The zero-order chi connectivity index (χ0) is 20.8. The van der Waals surface area contributed by atoms with Gasteiger partial charge in [-0.2, -0.15) is 4.08 Å². The summed E-state index contributed by atoms with van der Waals surface area (Å²) in [6.45, 7) is 6.03. The van der Waals surface area contributed by atoms with Crippen molar-refractivity contribution in [3.63, 3.8) is 0 Å². The molecule has 0 bridgehead atoms. The molecule has 0 atom stereocenters. The first kappa shape index (κ1) is 23.3. The number of aromatic hydroxyl groups is 2. The van der Waals surface area contributed by atoms with Gasteiger partial charge in [0, 0.05) is 16.7 Å². The van der Waals surface area contributed by atoms with Gasteiger partial charge in [-0.05, 0) is 35.7 Å². The van der Waals surface area contributed by atoms with Crippen LogP contribution in [0.15, 0.2) is 30.3 Å². The van der Waals surface area contributed by atoms with Crippen molar-refractivity contribution in [2.75, 3.05) is 14.2 Å². The van der Waals surface area contributed by atoms with Gasteiger partial charge in [0.25, 0.3) is 0 Å². The molecule has 9 heteroatoms. The first-order valence-electron chi connectivity index (χ1n) is 7.80. The Hall–Kier alpha value is -1.76. The Morgan fingerprint density at radius 1 is 0.889 bits per heavy atom. The Morgan fingerprint density at radius 2 is 1.41 bits per heavy atom. The van der Waals surface area contributed by atoms with Crippen molar-refractivity contribution in [2.45, 2.75) is 26.2 Å². The van der Waals surface area contributed by atoms with E-state index in [4.69, 9.17) is 19.3 Å². The topological polar surface area (TPSA) is 109 Å². The second-order valence-electron chi connectivity index (χ2n) is 6.53. The number of phenolic OH excluding ortho intramolecular Hbond substituents is 2. The summed E-state index contributed by atoms with van der Waals surface area (Å²) in [6.07, 6.45) is 0. The quantitative estimate of drug-likeness (QED) is 0.543. The fourth-order valence-electron chi connectivity index (χ4n) is 2.36. The van der Waals surface area contributed by atoms with Crippen molar-refractivity contribution >= 4 is 20.5 Å². The maximum Gasteiger partial charge on any atom is 0.344 e. The van der Waals surface area contributed by atoms with Crippen LogP contribution in [-0.4, -0.2) is 34.2 Å². The highest BCUT2D eigenvalue weighted by molar-refractivity contribution is 7.40. The number of benzene rings is 2. The Balaban J connectivity index is 0.000000646. The number of phenols is 2. The number of rotatable bonds is 4. The van der Waals surface area contributed by atoms with Crippen molar-refractivity contribution in [3.05, 3.63) is 35.9 Å². The van der Waals surface area contributed by atoms with Crippen molar-refractivity contribution in [1.82, 2.24) is 0 Å². The molecule has 0 saturated carbocycles. The lowest BCUT2D eigenvalue weighted by Gasteiger charge is -2.23. The van der Waals surface area contributed by atoms with E-state index in [0.29, 0.717) is 22.6 Å². The third-order valence-electron chi connectivity index (χ3n) is 3.68. The summed E-state index contributed by atoms with van der Waals surface area (Å²) in [7, 11) is 0.802. The molecule has 27 heavy (non-hydrogen) atoms. The molecule has 2 aromatic carbocycles. The van der Waals surface area contributed by atoms with Gasteiger partial charge in [0.2, 0.25) is 0 Å². The van der Waals surface area contributed by atoms with E-state index in [1.807, 2.05) is 26.8 Å². The van der Waals surface area contributed by atoms with Gasteiger partial charge in [-0.3, -0.25) is 0 Å². The molecule has 7 nitrogen and oxygen atoms in total. The molecule has 0 radical (unpaired) electrons. The summed E-state index contributed by atoms with van der Waals surface area (Å²) < 4.78 is 13.9. The molecule has 0 aromatic heterocycles. The van der Waals surface area contributed by atoms with Gasteiger partial charge in [0.1, 0.15) is 23.0 Å². The molecule has 0 fully saturated rings. The fraction of sp³-hybridized carbons (Fsp3) is 0.333. The Bertz CT molecular complexity index is 760. The van der Waals surface area contributed by atoms with Crippen LogP contribution in [-0.2, 0) is 9.49 Å². The molecular formula is C18H24ClO7P. The third kappa shape index (κ3) is 6.41. The highest BCUT2D eigenvalue weighted by atomic mass is 35.5. The van der Waals surface area contributed by atoms with Crippen LogP contribution < -0.4 is 9.47 Å². The van der Waals surface area contributed by atoms with E-state index in [1.54, 1.807) is 38.5 Å². The first-order chi connectivity index (χ1) is 12.5. The smallest absolute Gasteiger partial charge is 0.344 e. The number of methoxy groups -OCH3 is 2. The minimum Gasteiger partial charge on any atom is -0.507 e. The highest BCUT2D eigenvalue weighted by Gasteiger charge is 2.23. The van der Waals surface area contributed by atoms with E-state index in [0.717, 1.165) is 5.56 Å². The largest absolute Gasteiger partial charge is 0.507 e. The van der Waals surface area contributed by atoms with Gasteiger partial charge in [-0.1, -0.05) is 20.8 Å². The zero-order valence-electron chi connectivity index (χ0n) is 15.7. The molecule has 0 heterocycles. The van der Waals surface area contributed by atoms with Crippen LogP contribution in [0.4, 0.5) is 0 Å². The molecule has 2 rings (SSSR count). The predicted molar refractivity (Wildman–Crippen MR) is 105 cm³/mol. The van der Waals surface area contributed by atoms with Gasteiger partial charge < -0.3 is 29.5 Å². The summed E-state index contributed by atoms with van der Waals surface area (Å²) in [5.74, 6) is 1.44. The lowest BCUT2D eigenvalue weighted by molar-refractivity contribution is 0.389. The van der Waals surface area contributed by atoms with Crippen LogP contribution in [0, 0.1) is 0 Å². The average molecular weight is 419 g/mol. The summed E-state index contributed by atoms with van der Waals surface area (Å²) in [4.78, 5) is 15.3. The van der Waals surface area contributed by atoms with Gasteiger partial charge in [-0.25, -0.2) is 0 Å². The minimum absolute atomic E-state index is 0.0733. The van der Waals surface area contributed by atoms with Crippen LogP contribution in [0.5, 0.6) is 23.0 Å². The second kappa shape index (κ2) is 9.97. The van der Waals surface area contributed by atoms with Crippen molar-refractivity contribution < 1.29 is 33.5 Å². The van der Waals surface area contributed by atoms with E-state index in [2.05, 4.69) is 15.9 Å². The van der Waals surface area contributed by atoms with E-state index in [-0.39, 0.29) is 16.9 Å². The molecule has 0 saturated heterocycles. The van der Waals surface area contributed by atoms with E-state index in [1.165, 1.54) is 0 Å². The van der Waals surface area contributed by atoms with Gasteiger partial charge in [-0.15, -0.1) is 0 Å². The van der Waals surface area contributed by atoms with Crippen molar-refractivity contribution in [2.24, 2.45) is 0 Å². The Kier molecular flexibility index (Phi) is 8.59. The Labute approximate surface area is 164 Å². The highest BCUT2D eigenvalue weighted by Crippen LogP contribution is 2.44. The molecule has 4 N–H and O–H groups in total. The molecule has 150 valence electrons. The zero-order valence-corrected chi connectivity index (χ0v) is 17.4. The normalized spacial score (nSPS) is 11.0. The average Bonchev–Trinajstić information content (AvgIpc) is 2.62. The predicted octanol–water partition coefficient (Wildman–Crippen LogP) is 4.45. The van der Waals surface area contributed by atoms with E-state index < -0.39 is 8.60 Å². The van der Waals surface area contributed by atoms with Crippen molar-refractivity contribution in [1.29, 1.82) is 0 Å². The van der Waals surface area contributed by atoms with Crippen LogP contribution in [0.25, 0.3) is 11.1 Å². The lowest BCUT2D eigenvalue weighted by atomic mass is 9.84. The Morgan fingerprint density at radius 3 is 1.85 bits per heavy atom. The second-order valence-corrected chi connectivity index (χ2v) is 7.58. The standard InChI is InChI=1S/C18H22O4.ClH2O3P/c1-18(2,3)15-10-12(22-5)9-14(17(15)20)13-8-11(21-4)6-7-16(13)19;1-4-5(2)3/h6-10,19-20H,1-5H3;2-3H. The van der Waals surface area contributed by atoms with Gasteiger partial charge in [0.05, 0.1) is 26.1 Å². The lowest BCUT2D eigenvalue weighted by Crippen LogP contribution is -2.12. The number of ether oxygens (including phenoxy) is 2. The molecule has 0 unspecified atom stereocenters. The minimum atomic E-state index is -2.33. The molecule has 0 aliphatic rings. The SMILES string of the molecule is COc1ccc(O)c(-c2cc(OC)cc(C(C)(C)C)c2O)c1.OP(O)OCl. The maximum absolute atomic E-state index is 10.7. The van der Waals surface area contributed by atoms with Crippen LogP contribution in [0.3, 0.4) is 0 Å². The molecular weight excluding hydrogens is 395 g/mol. The number of halogens is 1. The molecule has 0 aliphatic carbocycles. The van der Waals surface area contributed by atoms with E-state index in [9.17, 15) is 10.2 Å². The van der Waals surface area contributed by atoms with Crippen LogP contribution in [0.1, 0.15) is 26.3 Å². The first-order valence-corrected chi connectivity index (χ1v) is 9.28. The van der Waals surface area contributed by atoms with Crippen LogP contribution >= 0.6 is 20.5 Å². The molecule has 0 aliphatic heterocycles. The van der Waals surface area contributed by atoms with Crippen LogP contribution in [0.2, 0.25) is 0 Å². The summed E-state index contributed by atoms with van der Waals surface area (Å²) >= 11 is 4.37. The van der Waals surface area contributed by atoms with E-state index >= 15 is 0 Å². The fourth-order valence-corrected chi connectivity index (χ4v) is 2.36.